The average molecular weight is 614 g/mol. The number of benzene rings is 8. The van der Waals surface area contributed by atoms with Gasteiger partial charge in [0.1, 0.15) is 0 Å². The van der Waals surface area contributed by atoms with Crippen molar-refractivity contribution in [2.45, 2.75) is 19.3 Å². The summed E-state index contributed by atoms with van der Waals surface area (Å²) in [5.41, 5.74) is 13.7. The first-order valence-corrected chi connectivity index (χ1v) is 16.8. The average Bonchev–Trinajstić information content (AvgIpc) is 3.37. The molecule has 1 nitrogen and oxygen atoms in total. The normalized spacial score (nSPS) is 13.0. The number of nitrogens with zero attached hydrogens (tertiary/aromatic N) is 1. The van der Waals surface area contributed by atoms with E-state index in [1.165, 1.54) is 66.1 Å². The van der Waals surface area contributed by atoms with Gasteiger partial charge >= 0.3 is 0 Å². The lowest BCUT2D eigenvalue weighted by Crippen LogP contribution is -2.16. The zero-order valence-electron chi connectivity index (χ0n) is 27.2. The minimum absolute atomic E-state index is 0.145. The molecule has 0 saturated carbocycles. The molecule has 228 valence electrons. The van der Waals surface area contributed by atoms with Crippen LogP contribution in [-0.4, -0.2) is 0 Å². The SMILES string of the molecule is CC1(C)c2cc(-c3ccc4ccccc4c3)ccc2-c2ccc(N(c3ccccc3)c3ccc(-c4cccc5ccccc45)cc3)cc21. The summed E-state index contributed by atoms with van der Waals surface area (Å²) >= 11 is 0. The van der Waals surface area contributed by atoms with Crippen LogP contribution in [0.4, 0.5) is 17.1 Å². The molecule has 1 aliphatic rings. The number of anilines is 3. The van der Waals surface area contributed by atoms with Gasteiger partial charge in [-0.05, 0) is 115 Å². The summed E-state index contributed by atoms with van der Waals surface area (Å²) < 4.78 is 0. The molecule has 0 heterocycles. The highest BCUT2D eigenvalue weighted by Crippen LogP contribution is 2.51. The molecule has 8 aromatic rings. The lowest BCUT2D eigenvalue weighted by molar-refractivity contribution is 0.660. The van der Waals surface area contributed by atoms with Crippen LogP contribution >= 0.6 is 0 Å². The van der Waals surface area contributed by atoms with Gasteiger partial charge in [0, 0.05) is 22.5 Å². The van der Waals surface area contributed by atoms with E-state index in [2.05, 4.69) is 195 Å². The highest BCUT2D eigenvalue weighted by atomic mass is 15.1. The lowest BCUT2D eigenvalue weighted by atomic mass is 9.81. The third-order valence-corrected chi connectivity index (χ3v) is 10.2. The Hall–Kier alpha value is -5.92. The molecule has 8 aromatic carbocycles. The lowest BCUT2D eigenvalue weighted by Gasteiger charge is -2.28. The van der Waals surface area contributed by atoms with Crippen LogP contribution in [0.1, 0.15) is 25.0 Å². The largest absolute Gasteiger partial charge is 0.310 e. The summed E-state index contributed by atoms with van der Waals surface area (Å²) in [6, 6.07) is 64.4. The van der Waals surface area contributed by atoms with Gasteiger partial charge < -0.3 is 4.90 Å². The van der Waals surface area contributed by atoms with Crippen molar-refractivity contribution in [3.63, 3.8) is 0 Å². The molecule has 1 aliphatic carbocycles. The second-order valence-corrected chi connectivity index (χ2v) is 13.4. The van der Waals surface area contributed by atoms with Crippen LogP contribution in [0.2, 0.25) is 0 Å². The zero-order valence-corrected chi connectivity index (χ0v) is 27.2. The van der Waals surface area contributed by atoms with Crippen LogP contribution in [0.3, 0.4) is 0 Å². The Kier molecular flexibility index (Phi) is 6.55. The van der Waals surface area contributed by atoms with E-state index in [1.807, 2.05) is 0 Å². The molecule has 0 amide bonds. The van der Waals surface area contributed by atoms with E-state index >= 15 is 0 Å². The molecule has 0 aliphatic heterocycles. The van der Waals surface area contributed by atoms with Crippen LogP contribution in [-0.2, 0) is 5.41 Å². The molecule has 9 rings (SSSR count). The first-order valence-electron chi connectivity index (χ1n) is 16.8. The van der Waals surface area contributed by atoms with E-state index in [4.69, 9.17) is 0 Å². The summed E-state index contributed by atoms with van der Waals surface area (Å²) in [6.45, 7) is 4.74. The maximum absolute atomic E-state index is 2.42. The Morgan fingerprint density at radius 3 is 1.73 bits per heavy atom. The highest BCUT2D eigenvalue weighted by Gasteiger charge is 2.36. The van der Waals surface area contributed by atoms with Crippen molar-refractivity contribution in [3.05, 3.63) is 187 Å². The monoisotopic (exact) mass is 613 g/mol. The first-order chi connectivity index (χ1) is 23.5. The smallest absolute Gasteiger partial charge is 0.0465 e. The van der Waals surface area contributed by atoms with Gasteiger partial charge in [-0.3, -0.25) is 0 Å². The summed E-state index contributed by atoms with van der Waals surface area (Å²) in [7, 11) is 0. The van der Waals surface area contributed by atoms with E-state index in [9.17, 15) is 0 Å². The third-order valence-electron chi connectivity index (χ3n) is 10.2. The Morgan fingerprint density at radius 1 is 0.354 bits per heavy atom. The van der Waals surface area contributed by atoms with Crippen LogP contribution in [0.5, 0.6) is 0 Å². The third kappa shape index (κ3) is 4.62. The van der Waals surface area contributed by atoms with Crippen molar-refractivity contribution in [1.29, 1.82) is 0 Å². The maximum Gasteiger partial charge on any atom is 0.0465 e. The second kappa shape index (κ2) is 11.1. The van der Waals surface area contributed by atoms with Gasteiger partial charge in [0.15, 0.2) is 0 Å². The van der Waals surface area contributed by atoms with Crippen molar-refractivity contribution >= 4 is 38.6 Å². The minimum Gasteiger partial charge on any atom is -0.310 e. The Morgan fingerprint density at radius 2 is 0.917 bits per heavy atom. The second-order valence-electron chi connectivity index (χ2n) is 13.4. The summed E-state index contributed by atoms with van der Waals surface area (Å²) in [5.74, 6) is 0. The zero-order chi connectivity index (χ0) is 32.2. The Bertz CT molecular complexity index is 2460. The molecule has 0 spiro atoms. The van der Waals surface area contributed by atoms with Crippen LogP contribution in [0.25, 0.3) is 54.9 Å². The molecule has 0 atom stereocenters. The van der Waals surface area contributed by atoms with E-state index in [0.29, 0.717) is 0 Å². The van der Waals surface area contributed by atoms with Crippen molar-refractivity contribution in [1.82, 2.24) is 0 Å². The van der Waals surface area contributed by atoms with E-state index in [-0.39, 0.29) is 5.41 Å². The van der Waals surface area contributed by atoms with Gasteiger partial charge in [0.05, 0.1) is 0 Å². The standard InChI is InChI=1S/C47H35N/c1-47(2)45-30-37(36-20-19-32-11-6-7-13-35(32)29-36)23-27-43(45)44-28-26-40(31-46(44)47)48(38-15-4-3-5-16-38)39-24-21-34(22-25-39)42-18-10-14-33-12-8-9-17-41(33)42/h3-31H,1-2H3. The molecule has 1 heteroatoms. The number of hydrogen-bond acceptors (Lipinski definition) is 1. The van der Waals surface area contributed by atoms with Crippen molar-refractivity contribution in [2.24, 2.45) is 0 Å². The Labute approximate surface area is 282 Å². The highest BCUT2D eigenvalue weighted by molar-refractivity contribution is 5.97. The predicted octanol–water partition coefficient (Wildman–Crippen LogP) is 13.1. The molecule has 0 unspecified atom stereocenters. The quantitative estimate of drug-likeness (QED) is 0.187. The fourth-order valence-electron chi connectivity index (χ4n) is 7.70. The summed E-state index contributed by atoms with van der Waals surface area (Å²) in [6.07, 6.45) is 0. The van der Waals surface area contributed by atoms with E-state index < -0.39 is 0 Å². The van der Waals surface area contributed by atoms with Crippen molar-refractivity contribution < 1.29 is 0 Å². The van der Waals surface area contributed by atoms with Crippen molar-refractivity contribution in [3.8, 4) is 33.4 Å². The van der Waals surface area contributed by atoms with Crippen LogP contribution in [0, 0.1) is 0 Å². The number of fused-ring (bicyclic) bond motifs is 5. The van der Waals surface area contributed by atoms with E-state index in [0.717, 1.165) is 17.1 Å². The first kappa shape index (κ1) is 28.3. The van der Waals surface area contributed by atoms with E-state index in [1.54, 1.807) is 0 Å². The molecule has 0 fully saturated rings. The van der Waals surface area contributed by atoms with Crippen LogP contribution in [0.15, 0.2) is 176 Å². The Balaban J connectivity index is 1.11. The molecular formula is C47H35N. The molecule has 0 N–H and O–H groups in total. The summed E-state index contributed by atoms with van der Waals surface area (Å²) in [5, 5.41) is 5.08. The van der Waals surface area contributed by atoms with Gasteiger partial charge in [-0.2, -0.15) is 0 Å². The van der Waals surface area contributed by atoms with Gasteiger partial charge in [0.2, 0.25) is 0 Å². The van der Waals surface area contributed by atoms with Crippen LogP contribution < -0.4 is 4.90 Å². The maximum atomic E-state index is 2.42. The molecule has 0 aromatic heterocycles. The fraction of sp³-hybridized carbons (Fsp3) is 0.0638. The van der Waals surface area contributed by atoms with Gasteiger partial charge in [-0.25, -0.2) is 0 Å². The molecule has 0 bridgehead atoms. The molecule has 0 saturated heterocycles. The van der Waals surface area contributed by atoms with Gasteiger partial charge in [0.25, 0.3) is 0 Å². The predicted molar refractivity (Wildman–Crippen MR) is 205 cm³/mol. The van der Waals surface area contributed by atoms with Gasteiger partial charge in [-0.15, -0.1) is 0 Å². The molecule has 48 heavy (non-hydrogen) atoms. The van der Waals surface area contributed by atoms with Gasteiger partial charge in [-0.1, -0.05) is 141 Å². The number of para-hydroxylation sites is 1. The molecule has 0 radical (unpaired) electrons. The fourth-order valence-corrected chi connectivity index (χ4v) is 7.70. The minimum atomic E-state index is -0.145. The van der Waals surface area contributed by atoms with Crippen molar-refractivity contribution in [2.75, 3.05) is 4.90 Å². The number of hydrogen-bond donors (Lipinski definition) is 0. The molecular weight excluding hydrogens is 579 g/mol. The number of rotatable bonds is 5. The topological polar surface area (TPSA) is 3.24 Å². The summed E-state index contributed by atoms with van der Waals surface area (Å²) in [4.78, 5) is 2.38.